The number of fused-ring (bicyclic) bond motifs is 1. The molecule has 1 heterocycles. The molecular weight excluding hydrogens is 308 g/mol. The highest BCUT2D eigenvalue weighted by atomic mass is 16.5. The summed E-state index contributed by atoms with van der Waals surface area (Å²) >= 11 is 0. The maximum absolute atomic E-state index is 12.0. The number of methoxy groups -OCH3 is 1. The predicted molar refractivity (Wildman–Crippen MR) is 93.4 cm³/mol. The SMILES string of the molecule is CCCC(O)CNC(=O)NC(C)c1oc2ccc(OC)cc2c1C. The van der Waals surface area contributed by atoms with Crippen LogP contribution in [0.25, 0.3) is 11.0 Å². The molecule has 2 aromatic rings. The summed E-state index contributed by atoms with van der Waals surface area (Å²) in [6.07, 6.45) is 1.03. The third-order valence-corrected chi connectivity index (χ3v) is 4.04. The molecule has 0 saturated heterocycles. The third kappa shape index (κ3) is 4.20. The van der Waals surface area contributed by atoms with Crippen LogP contribution in [-0.2, 0) is 0 Å². The van der Waals surface area contributed by atoms with Crippen molar-refractivity contribution in [1.82, 2.24) is 10.6 Å². The lowest BCUT2D eigenvalue weighted by molar-refractivity contribution is 0.160. The molecule has 2 atom stereocenters. The van der Waals surface area contributed by atoms with Crippen LogP contribution in [0.5, 0.6) is 5.75 Å². The van der Waals surface area contributed by atoms with Crippen molar-refractivity contribution in [3.63, 3.8) is 0 Å². The van der Waals surface area contributed by atoms with Gasteiger partial charge in [-0.05, 0) is 38.5 Å². The third-order valence-electron chi connectivity index (χ3n) is 4.04. The number of amides is 2. The van der Waals surface area contributed by atoms with E-state index in [0.29, 0.717) is 12.2 Å². The van der Waals surface area contributed by atoms with Gasteiger partial charge in [0.15, 0.2) is 0 Å². The molecule has 0 radical (unpaired) electrons. The van der Waals surface area contributed by atoms with Crippen LogP contribution in [0, 0.1) is 6.92 Å². The predicted octanol–water partition coefficient (Wildman–Crippen LogP) is 3.27. The fourth-order valence-electron chi connectivity index (χ4n) is 2.72. The van der Waals surface area contributed by atoms with Crippen molar-refractivity contribution in [1.29, 1.82) is 0 Å². The molecule has 1 aromatic heterocycles. The standard InChI is InChI=1S/C18H26N2O4/c1-5-6-13(21)10-19-18(22)20-12(3)17-11(2)15-9-14(23-4)7-8-16(15)24-17/h7-9,12-13,21H,5-6,10H2,1-4H3,(H2,19,20,22). The Kier molecular flexibility index (Phi) is 6.09. The van der Waals surface area contributed by atoms with Crippen LogP contribution < -0.4 is 15.4 Å². The fraction of sp³-hybridized carbons (Fsp3) is 0.500. The first kappa shape index (κ1) is 18.1. The molecule has 0 spiro atoms. The summed E-state index contributed by atoms with van der Waals surface area (Å²) in [5.74, 6) is 1.48. The highest BCUT2D eigenvalue weighted by Crippen LogP contribution is 2.31. The van der Waals surface area contributed by atoms with Gasteiger partial charge < -0.3 is 24.9 Å². The van der Waals surface area contributed by atoms with Crippen LogP contribution >= 0.6 is 0 Å². The van der Waals surface area contributed by atoms with Crippen LogP contribution in [0.15, 0.2) is 22.6 Å². The first-order chi connectivity index (χ1) is 11.5. The van der Waals surface area contributed by atoms with Crippen molar-refractivity contribution in [3.8, 4) is 5.75 Å². The largest absolute Gasteiger partial charge is 0.497 e. The van der Waals surface area contributed by atoms with E-state index in [1.165, 1.54) is 0 Å². The minimum Gasteiger partial charge on any atom is -0.497 e. The number of urea groups is 1. The van der Waals surface area contributed by atoms with E-state index in [2.05, 4.69) is 10.6 Å². The molecule has 0 aliphatic rings. The van der Waals surface area contributed by atoms with Crippen molar-refractivity contribution >= 4 is 17.0 Å². The molecule has 0 bridgehead atoms. The van der Waals surface area contributed by atoms with E-state index in [0.717, 1.165) is 28.7 Å². The summed E-state index contributed by atoms with van der Waals surface area (Å²) in [5.41, 5.74) is 1.73. The lowest BCUT2D eigenvalue weighted by atomic mass is 10.1. The molecule has 0 saturated carbocycles. The smallest absolute Gasteiger partial charge is 0.315 e. The number of aliphatic hydroxyl groups is 1. The molecule has 6 nitrogen and oxygen atoms in total. The van der Waals surface area contributed by atoms with Crippen LogP contribution in [0.2, 0.25) is 0 Å². The molecule has 2 unspecified atom stereocenters. The summed E-state index contributed by atoms with van der Waals surface area (Å²) < 4.78 is 11.1. The summed E-state index contributed by atoms with van der Waals surface area (Å²) in [6.45, 7) is 6.05. The van der Waals surface area contributed by atoms with Crippen molar-refractivity contribution in [2.45, 2.75) is 45.8 Å². The molecular formula is C18H26N2O4. The van der Waals surface area contributed by atoms with E-state index >= 15 is 0 Å². The number of carbonyl (C=O) groups excluding carboxylic acids is 1. The quantitative estimate of drug-likeness (QED) is 0.725. The number of ether oxygens (including phenoxy) is 1. The summed E-state index contributed by atoms with van der Waals surface area (Å²) in [5, 5.41) is 16.1. The Balaban J connectivity index is 2.04. The zero-order chi connectivity index (χ0) is 17.7. The Morgan fingerprint density at radius 3 is 2.83 bits per heavy atom. The van der Waals surface area contributed by atoms with Gasteiger partial charge in [0.1, 0.15) is 17.1 Å². The zero-order valence-corrected chi connectivity index (χ0v) is 14.7. The number of hydrogen-bond acceptors (Lipinski definition) is 4. The highest BCUT2D eigenvalue weighted by Gasteiger charge is 2.19. The zero-order valence-electron chi connectivity index (χ0n) is 14.7. The average molecular weight is 334 g/mol. The molecule has 1 aromatic carbocycles. The Labute approximate surface area is 142 Å². The Bertz CT molecular complexity index is 696. The molecule has 132 valence electrons. The van der Waals surface area contributed by atoms with Crippen LogP contribution in [0.3, 0.4) is 0 Å². The summed E-state index contributed by atoms with van der Waals surface area (Å²) in [6, 6.07) is 5.01. The van der Waals surface area contributed by atoms with Gasteiger partial charge in [0.2, 0.25) is 0 Å². The molecule has 2 amide bonds. The molecule has 0 aliphatic heterocycles. The Hall–Kier alpha value is -2.21. The Morgan fingerprint density at radius 2 is 2.17 bits per heavy atom. The lowest BCUT2D eigenvalue weighted by Crippen LogP contribution is -2.40. The number of aryl methyl sites for hydroxylation is 1. The van der Waals surface area contributed by atoms with Crippen LogP contribution in [0.4, 0.5) is 4.79 Å². The van der Waals surface area contributed by atoms with Gasteiger partial charge in [-0.2, -0.15) is 0 Å². The van der Waals surface area contributed by atoms with Gasteiger partial charge in [-0.15, -0.1) is 0 Å². The number of furan rings is 1. The topological polar surface area (TPSA) is 83.7 Å². The number of hydrogen-bond donors (Lipinski definition) is 3. The van der Waals surface area contributed by atoms with Crippen LogP contribution in [-0.4, -0.2) is 30.9 Å². The molecule has 3 N–H and O–H groups in total. The van der Waals surface area contributed by atoms with Gasteiger partial charge in [0.25, 0.3) is 0 Å². The van der Waals surface area contributed by atoms with Crippen molar-refractivity contribution in [2.75, 3.05) is 13.7 Å². The maximum Gasteiger partial charge on any atom is 0.315 e. The second-order valence-corrected chi connectivity index (χ2v) is 5.97. The monoisotopic (exact) mass is 334 g/mol. The molecule has 24 heavy (non-hydrogen) atoms. The van der Waals surface area contributed by atoms with Crippen molar-refractivity contribution in [2.24, 2.45) is 0 Å². The van der Waals surface area contributed by atoms with Gasteiger partial charge >= 0.3 is 6.03 Å². The van der Waals surface area contributed by atoms with Crippen LogP contribution in [0.1, 0.15) is 44.1 Å². The highest BCUT2D eigenvalue weighted by molar-refractivity contribution is 5.84. The maximum atomic E-state index is 12.0. The molecule has 6 heteroatoms. The average Bonchev–Trinajstić information content (AvgIpc) is 2.89. The number of aliphatic hydroxyl groups excluding tert-OH is 1. The van der Waals surface area contributed by atoms with E-state index in [-0.39, 0.29) is 18.6 Å². The number of benzene rings is 1. The van der Waals surface area contributed by atoms with E-state index in [1.807, 2.05) is 39.0 Å². The number of rotatable bonds is 7. The minimum absolute atomic E-state index is 0.239. The van der Waals surface area contributed by atoms with Gasteiger partial charge in [0, 0.05) is 17.5 Å². The van der Waals surface area contributed by atoms with Crippen molar-refractivity contribution < 1.29 is 19.1 Å². The normalized spacial score (nSPS) is 13.5. The van der Waals surface area contributed by atoms with Crippen molar-refractivity contribution in [3.05, 3.63) is 29.5 Å². The first-order valence-electron chi connectivity index (χ1n) is 8.25. The van der Waals surface area contributed by atoms with E-state index in [4.69, 9.17) is 9.15 Å². The first-order valence-corrected chi connectivity index (χ1v) is 8.25. The second-order valence-electron chi connectivity index (χ2n) is 5.97. The van der Waals surface area contributed by atoms with Gasteiger partial charge in [0.05, 0.1) is 19.3 Å². The fourth-order valence-corrected chi connectivity index (χ4v) is 2.72. The molecule has 2 rings (SSSR count). The van der Waals surface area contributed by atoms with E-state index in [1.54, 1.807) is 7.11 Å². The number of nitrogens with one attached hydrogen (secondary N) is 2. The van der Waals surface area contributed by atoms with E-state index in [9.17, 15) is 9.90 Å². The Morgan fingerprint density at radius 1 is 1.42 bits per heavy atom. The van der Waals surface area contributed by atoms with Gasteiger partial charge in [-0.3, -0.25) is 0 Å². The van der Waals surface area contributed by atoms with Gasteiger partial charge in [-0.25, -0.2) is 4.79 Å². The summed E-state index contributed by atoms with van der Waals surface area (Å²) in [4.78, 5) is 12.0. The van der Waals surface area contributed by atoms with Gasteiger partial charge in [-0.1, -0.05) is 13.3 Å². The molecule has 0 aliphatic carbocycles. The van der Waals surface area contributed by atoms with E-state index < -0.39 is 6.10 Å². The summed E-state index contributed by atoms with van der Waals surface area (Å²) in [7, 11) is 1.62. The molecule has 0 fully saturated rings. The second kappa shape index (κ2) is 8.06. The lowest BCUT2D eigenvalue weighted by Gasteiger charge is -2.15. The number of carbonyl (C=O) groups is 1. The minimum atomic E-state index is -0.517.